The number of carbonyl (C=O) groups excluding carboxylic acids is 1. The normalized spacial score (nSPS) is 17.2. The lowest BCUT2D eigenvalue weighted by atomic mass is 9.98. The predicted molar refractivity (Wildman–Crippen MR) is 121 cm³/mol. The number of rotatable bonds is 7. The Morgan fingerprint density at radius 2 is 1.79 bits per heavy atom. The van der Waals surface area contributed by atoms with Gasteiger partial charge < -0.3 is 18.9 Å². The van der Waals surface area contributed by atoms with E-state index < -0.39 is 10.0 Å². The Morgan fingerprint density at radius 3 is 2.55 bits per heavy atom. The molecule has 1 saturated heterocycles. The molecule has 0 saturated carbocycles. The van der Waals surface area contributed by atoms with E-state index in [0.717, 1.165) is 6.42 Å². The fraction of sp³-hybridized carbons (Fsp3) is 0.435. The number of hydrogen-bond donors (Lipinski definition) is 0. The van der Waals surface area contributed by atoms with Gasteiger partial charge in [-0.15, -0.1) is 0 Å². The summed E-state index contributed by atoms with van der Waals surface area (Å²) in [5.41, 5.74) is 0. The number of nitrogens with zero attached hydrogens (tertiary/aromatic N) is 1. The molecule has 10 heteroatoms. The van der Waals surface area contributed by atoms with Crippen molar-refractivity contribution in [1.29, 1.82) is 0 Å². The Morgan fingerprint density at radius 1 is 1.03 bits per heavy atom. The van der Waals surface area contributed by atoms with Crippen LogP contribution in [0, 0.1) is 5.92 Å². The third-order valence-electron chi connectivity index (χ3n) is 5.54. The molecule has 0 unspecified atom stereocenters. The number of halogens is 1. The first kappa shape index (κ1) is 23.7. The summed E-state index contributed by atoms with van der Waals surface area (Å²) in [6, 6.07) is 11.6. The molecule has 1 fully saturated rings. The van der Waals surface area contributed by atoms with Gasteiger partial charge in [0.15, 0.2) is 11.5 Å². The lowest BCUT2D eigenvalue weighted by Crippen LogP contribution is -2.40. The van der Waals surface area contributed by atoms with Gasteiger partial charge in [-0.3, -0.25) is 4.79 Å². The van der Waals surface area contributed by atoms with Gasteiger partial charge in [-0.2, -0.15) is 4.31 Å². The molecule has 0 atom stereocenters. The molecule has 0 aliphatic carbocycles. The number of carbonyl (C=O) groups is 1. The van der Waals surface area contributed by atoms with Crippen LogP contribution in [0.5, 0.6) is 17.2 Å². The van der Waals surface area contributed by atoms with E-state index in [-0.39, 0.29) is 43.1 Å². The molecule has 178 valence electrons. The molecule has 0 N–H and O–H groups in total. The van der Waals surface area contributed by atoms with Crippen molar-refractivity contribution in [2.45, 2.75) is 24.2 Å². The third-order valence-corrected chi connectivity index (χ3v) is 7.67. The van der Waals surface area contributed by atoms with Gasteiger partial charge in [0.25, 0.3) is 0 Å². The summed E-state index contributed by atoms with van der Waals surface area (Å²) in [4.78, 5) is 12.5. The van der Waals surface area contributed by atoms with E-state index in [9.17, 15) is 13.2 Å². The van der Waals surface area contributed by atoms with Crippen LogP contribution in [0.3, 0.4) is 0 Å². The van der Waals surface area contributed by atoms with Crippen LogP contribution in [0.15, 0.2) is 47.4 Å². The van der Waals surface area contributed by atoms with E-state index in [1.807, 2.05) is 0 Å². The lowest BCUT2D eigenvalue weighted by Gasteiger charge is -2.30. The first-order valence-corrected chi connectivity index (χ1v) is 12.7. The minimum Gasteiger partial charge on any atom is -0.490 e. The summed E-state index contributed by atoms with van der Waals surface area (Å²) in [7, 11) is -3.70. The van der Waals surface area contributed by atoms with Crippen LogP contribution in [-0.4, -0.2) is 58.2 Å². The molecular formula is C23H26ClNO7S. The van der Waals surface area contributed by atoms with Crippen molar-refractivity contribution < 1.29 is 32.2 Å². The van der Waals surface area contributed by atoms with Crippen molar-refractivity contribution in [3.05, 3.63) is 47.5 Å². The Labute approximate surface area is 198 Å². The van der Waals surface area contributed by atoms with Crippen molar-refractivity contribution in [3.8, 4) is 17.2 Å². The van der Waals surface area contributed by atoms with E-state index in [1.54, 1.807) is 30.3 Å². The highest BCUT2D eigenvalue weighted by atomic mass is 35.5. The van der Waals surface area contributed by atoms with Gasteiger partial charge in [0.1, 0.15) is 19.0 Å². The molecule has 0 amide bonds. The van der Waals surface area contributed by atoms with E-state index >= 15 is 0 Å². The molecule has 0 aromatic heterocycles. The second kappa shape index (κ2) is 10.6. The third kappa shape index (κ3) is 5.90. The zero-order valence-corrected chi connectivity index (χ0v) is 19.6. The minimum absolute atomic E-state index is 0.112. The van der Waals surface area contributed by atoms with E-state index in [0.29, 0.717) is 48.3 Å². The number of esters is 1. The Balaban J connectivity index is 1.26. The van der Waals surface area contributed by atoms with Crippen molar-refractivity contribution in [1.82, 2.24) is 4.31 Å². The summed E-state index contributed by atoms with van der Waals surface area (Å²) in [6.45, 7) is 1.83. The molecule has 2 aromatic rings. The monoisotopic (exact) mass is 495 g/mol. The summed E-state index contributed by atoms with van der Waals surface area (Å²) >= 11 is 5.91. The smallest absolute Gasteiger partial charge is 0.309 e. The highest BCUT2D eigenvalue weighted by Crippen LogP contribution is 2.34. The van der Waals surface area contributed by atoms with E-state index in [4.69, 9.17) is 30.5 Å². The topological polar surface area (TPSA) is 91.4 Å². The average molecular weight is 496 g/mol. The molecule has 8 nitrogen and oxygen atoms in total. The van der Waals surface area contributed by atoms with Gasteiger partial charge in [-0.1, -0.05) is 17.7 Å². The summed E-state index contributed by atoms with van der Waals surface area (Å²) in [5.74, 6) is 0.912. The molecular weight excluding hydrogens is 470 g/mol. The highest BCUT2D eigenvalue weighted by Gasteiger charge is 2.33. The number of benzene rings is 2. The largest absolute Gasteiger partial charge is 0.490 e. The molecule has 0 spiro atoms. The molecule has 2 heterocycles. The van der Waals surface area contributed by atoms with Crippen LogP contribution >= 0.6 is 11.6 Å². The second-order valence-corrected chi connectivity index (χ2v) is 10.2. The number of ether oxygens (including phenoxy) is 4. The van der Waals surface area contributed by atoms with Gasteiger partial charge >= 0.3 is 5.97 Å². The highest BCUT2D eigenvalue weighted by molar-refractivity contribution is 7.89. The molecule has 2 aromatic carbocycles. The predicted octanol–water partition coefficient (Wildman–Crippen LogP) is 3.52. The minimum atomic E-state index is -3.70. The van der Waals surface area contributed by atoms with Crippen LogP contribution < -0.4 is 14.2 Å². The van der Waals surface area contributed by atoms with Gasteiger partial charge in [0, 0.05) is 30.6 Å². The first-order chi connectivity index (χ1) is 15.9. The van der Waals surface area contributed by atoms with Crippen LogP contribution in [0.25, 0.3) is 0 Å². The zero-order chi connectivity index (χ0) is 23.3. The van der Waals surface area contributed by atoms with Gasteiger partial charge in [0.05, 0.1) is 24.0 Å². The van der Waals surface area contributed by atoms with Crippen molar-refractivity contribution in [3.63, 3.8) is 0 Å². The fourth-order valence-electron chi connectivity index (χ4n) is 3.76. The first-order valence-electron chi connectivity index (χ1n) is 10.9. The summed E-state index contributed by atoms with van der Waals surface area (Å²) in [6.07, 6.45) is 1.54. The van der Waals surface area contributed by atoms with Crippen LogP contribution in [0.2, 0.25) is 5.02 Å². The Bertz CT molecular complexity index is 1080. The maximum atomic E-state index is 13.1. The van der Waals surface area contributed by atoms with E-state index in [2.05, 4.69) is 0 Å². The van der Waals surface area contributed by atoms with Gasteiger partial charge in [-0.25, -0.2) is 8.42 Å². The van der Waals surface area contributed by atoms with Crippen molar-refractivity contribution in [2.75, 3.05) is 39.5 Å². The quantitative estimate of drug-likeness (QED) is 0.428. The summed E-state index contributed by atoms with van der Waals surface area (Å²) < 4.78 is 49.6. The van der Waals surface area contributed by atoms with Gasteiger partial charge in [-0.05, 0) is 43.2 Å². The SMILES string of the molecule is O=C(OCCOc1cccc(Cl)c1)C1CCN(S(=O)(=O)c2ccc3c(c2)OCCCO3)CC1. The van der Waals surface area contributed by atoms with Crippen molar-refractivity contribution >= 4 is 27.6 Å². The average Bonchev–Trinajstić information content (AvgIpc) is 3.07. The molecule has 33 heavy (non-hydrogen) atoms. The van der Waals surface area contributed by atoms with Crippen LogP contribution in [-0.2, 0) is 19.6 Å². The number of hydrogen-bond acceptors (Lipinski definition) is 7. The number of piperidine rings is 1. The molecule has 2 aliphatic rings. The maximum Gasteiger partial charge on any atom is 0.309 e. The Kier molecular flexibility index (Phi) is 7.62. The zero-order valence-electron chi connectivity index (χ0n) is 18.1. The number of fused-ring (bicyclic) bond motifs is 1. The summed E-state index contributed by atoms with van der Waals surface area (Å²) in [5, 5.41) is 0.568. The molecule has 0 bridgehead atoms. The Hall–Kier alpha value is -2.49. The lowest BCUT2D eigenvalue weighted by molar-refractivity contribution is -0.150. The molecule has 0 radical (unpaired) electrons. The number of sulfonamides is 1. The fourth-order valence-corrected chi connectivity index (χ4v) is 5.43. The standard InChI is InChI=1S/C23H26ClNO7S/c24-18-3-1-4-19(15-18)29-13-14-32-23(26)17-7-9-25(10-8-17)33(27,28)20-5-6-21-22(16-20)31-12-2-11-30-21/h1,3-6,15-17H,2,7-14H2. The maximum absolute atomic E-state index is 13.1. The van der Waals surface area contributed by atoms with Crippen molar-refractivity contribution in [2.24, 2.45) is 5.92 Å². The second-order valence-electron chi connectivity index (χ2n) is 7.81. The van der Waals surface area contributed by atoms with E-state index in [1.165, 1.54) is 16.4 Å². The van der Waals surface area contributed by atoms with Gasteiger partial charge in [0.2, 0.25) is 10.0 Å². The molecule has 4 rings (SSSR count). The van der Waals surface area contributed by atoms with Crippen LogP contribution in [0.1, 0.15) is 19.3 Å². The molecule has 2 aliphatic heterocycles. The van der Waals surface area contributed by atoms with Crippen LogP contribution in [0.4, 0.5) is 0 Å².